The highest BCUT2D eigenvalue weighted by Crippen LogP contribution is 1.92. The summed E-state index contributed by atoms with van der Waals surface area (Å²) in [4.78, 5) is 22.0. The Morgan fingerprint density at radius 1 is 1.31 bits per heavy atom. The molecule has 0 aliphatic carbocycles. The second-order valence-corrected chi connectivity index (χ2v) is 2.56. The molecule has 0 fully saturated rings. The number of nitrogens with zero attached hydrogens (tertiary/aromatic N) is 1. The van der Waals surface area contributed by atoms with E-state index >= 15 is 0 Å². The van der Waals surface area contributed by atoms with Gasteiger partial charge in [-0.1, -0.05) is 6.08 Å². The van der Waals surface area contributed by atoms with Crippen molar-refractivity contribution in [3.05, 3.63) is 12.7 Å². The zero-order valence-electron chi connectivity index (χ0n) is 7.27. The van der Waals surface area contributed by atoms with Crippen LogP contribution in [0.5, 0.6) is 0 Å². The summed E-state index contributed by atoms with van der Waals surface area (Å²) in [5.41, 5.74) is 0. The average Bonchev–Trinajstić information content (AvgIpc) is 1.99. The molecular weight excluding hydrogens is 174 g/mol. The van der Waals surface area contributed by atoms with Crippen LogP contribution in [0.15, 0.2) is 12.7 Å². The molecule has 0 aliphatic heterocycles. The molecule has 0 radical (unpaired) electrons. The number of hydrogen-bond donors (Lipinski definition) is 2. The SMILES string of the molecule is C=CCN(CCC(=O)O)CC(=O)O. The van der Waals surface area contributed by atoms with Crippen LogP contribution < -0.4 is 0 Å². The van der Waals surface area contributed by atoms with Crippen molar-refractivity contribution in [2.75, 3.05) is 19.6 Å². The van der Waals surface area contributed by atoms with Gasteiger partial charge in [0.25, 0.3) is 0 Å². The molecule has 0 aromatic heterocycles. The number of carboxylic acid groups (broad SMARTS) is 2. The van der Waals surface area contributed by atoms with Gasteiger partial charge in [0.1, 0.15) is 0 Å². The highest BCUT2D eigenvalue weighted by molar-refractivity contribution is 5.69. The van der Waals surface area contributed by atoms with Crippen LogP contribution in [0, 0.1) is 0 Å². The summed E-state index contributed by atoms with van der Waals surface area (Å²) in [7, 11) is 0. The van der Waals surface area contributed by atoms with Crippen LogP contribution in [0.25, 0.3) is 0 Å². The van der Waals surface area contributed by atoms with Gasteiger partial charge in [0.2, 0.25) is 0 Å². The van der Waals surface area contributed by atoms with Crippen molar-refractivity contribution >= 4 is 11.9 Å². The maximum Gasteiger partial charge on any atom is 0.317 e. The average molecular weight is 187 g/mol. The maximum absolute atomic E-state index is 10.3. The molecule has 0 rings (SSSR count). The van der Waals surface area contributed by atoms with Crippen molar-refractivity contribution in [1.29, 1.82) is 0 Å². The zero-order valence-corrected chi connectivity index (χ0v) is 7.27. The van der Waals surface area contributed by atoms with Gasteiger partial charge < -0.3 is 10.2 Å². The Bertz CT molecular complexity index is 202. The first-order valence-electron chi connectivity index (χ1n) is 3.83. The van der Waals surface area contributed by atoms with Gasteiger partial charge in [0, 0.05) is 13.1 Å². The minimum Gasteiger partial charge on any atom is -0.481 e. The largest absolute Gasteiger partial charge is 0.481 e. The monoisotopic (exact) mass is 187 g/mol. The molecule has 0 saturated heterocycles. The first-order valence-corrected chi connectivity index (χ1v) is 3.83. The molecule has 2 N–H and O–H groups in total. The Labute approximate surface area is 76.3 Å². The van der Waals surface area contributed by atoms with Crippen LogP contribution in [-0.2, 0) is 9.59 Å². The molecule has 0 saturated carbocycles. The summed E-state index contributed by atoms with van der Waals surface area (Å²) >= 11 is 0. The predicted octanol–water partition coefficient (Wildman–Crippen LogP) is 0.0337. The van der Waals surface area contributed by atoms with E-state index < -0.39 is 11.9 Å². The van der Waals surface area contributed by atoms with Gasteiger partial charge in [-0.25, -0.2) is 0 Å². The molecule has 5 nitrogen and oxygen atoms in total. The van der Waals surface area contributed by atoms with Crippen LogP contribution in [0.3, 0.4) is 0 Å². The molecule has 0 aromatic rings. The minimum absolute atomic E-state index is 0.0544. The first kappa shape index (κ1) is 11.6. The number of aliphatic carboxylic acids is 2. The van der Waals surface area contributed by atoms with Gasteiger partial charge in [-0.05, 0) is 0 Å². The van der Waals surface area contributed by atoms with Gasteiger partial charge >= 0.3 is 11.9 Å². The third kappa shape index (κ3) is 7.02. The van der Waals surface area contributed by atoms with E-state index in [0.717, 1.165) is 0 Å². The van der Waals surface area contributed by atoms with E-state index in [1.807, 2.05) is 0 Å². The molecule has 0 heterocycles. The molecule has 0 amide bonds. The topological polar surface area (TPSA) is 77.8 Å². The van der Waals surface area contributed by atoms with Gasteiger partial charge in [0.05, 0.1) is 13.0 Å². The van der Waals surface area contributed by atoms with Crippen LogP contribution in [0.2, 0.25) is 0 Å². The number of hydrogen-bond acceptors (Lipinski definition) is 3. The highest BCUT2D eigenvalue weighted by Gasteiger charge is 2.09. The highest BCUT2D eigenvalue weighted by atomic mass is 16.4. The number of rotatable bonds is 7. The Hall–Kier alpha value is -1.36. The molecule has 0 aliphatic rings. The van der Waals surface area contributed by atoms with Crippen LogP contribution in [0.1, 0.15) is 6.42 Å². The normalized spacial score (nSPS) is 9.92. The molecule has 13 heavy (non-hydrogen) atoms. The summed E-state index contributed by atoms with van der Waals surface area (Å²) in [5.74, 6) is -1.90. The van der Waals surface area contributed by atoms with Crippen molar-refractivity contribution < 1.29 is 19.8 Å². The van der Waals surface area contributed by atoms with Crippen LogP contribution >= 0.6 is 0 Å². The van der Waals surface area contributed by atoms with E-state index in [9.17, 15) is 9.59 Å². The molecule has 0 bridgehead atoms. The third-order valence-corrected chi connectivity index (χ3v) is 1.39. The molecule has 5 heteroatoms. The van der Waals surface area contributed by atoms with E-state index in [-0.39, 0.29) is 19.5 Å². The number of carbonyl (C=O) groups is 2. The van der Waals surface area contributed by atoms with Gasteiger partial charge in [0.15, 0.2) is 0 Å². The quantitative estimate of drug-likeness (QED) is 0.550. The van der Waals surface area contributed by atoms with Crippen molar-refractivity contribution in [2.45, 2.75) is 6.42 Å². The standard InChI is InChI=1S/C8H13NO4/c1-2-4-9(6-8(12)13)5-3-7(10)11/h2H,1,3-6H2,(H,10,11)(H,12,13). The number of carboxylic acids is 2. The van der Waals surface area contributed by atoms with Crippen molar-refractivity contribution in [3.8, 4) is 0 Å². The van der Waals surface area contributed by atoms with Crippen LogP contribution in [0.4, 0.5) is 0 Å². The van der Waals surface area contributed by atoms with E-state index in [2.05, 4.69) is 6.58 Å². The summed E-state index contributed by atoms with van der Waals surface area (Å²) in [6, 6.07) is 0. The van der Waals surface area contributed by atoms with Crippen molar-refractivity contribution in [2.24, 2.45) is 0 Å². The lowest BCUT2D eigenvalue weighted by Gasteiger charge is -2.16. The van der Waals surface area contributed by atoms with Gasteiger partial charge in [-0.15, -0.1) is 6.58 Å². The minimum atomic E-state index is -0.966. The summed E-state index contributed by atoms with van der Waals surface area (Å²) in [6.07, 6.45) is 1.49. The first-order chi connectivity index (χ1) is 6.06. The molecule has 0 spiro atoms. The lowest BCUT2D eigenvalue weighted by atomic mass is 10.3. The zero-order chi connectivity index (χ0) is 10.3. The van der Waals surface area contributed by atoms with E-state index in [1.54, 1.807) is 6.08 Å². The fourth-order valence-electron chi connectivity index (χ4n) is 0.863. The van der Waals surface area contributed by atoms with Crippen molar-refractivity contribution in [1.82, 2.24) is 4.90 Å². The Kier molecular flexibility index (Phi) is 5.54. The maximum atomic E-state index is 10.3. The molecular formula is C8H13NO4. The lowest BCUT2D eigenvalue weighted by Crippen LogP contribution is -2.31. The van der Waals surface area contributed by atoms with E-state index in [0.29, 0.717) is 6.54 Å². The second-order valence-electron chi connectivity index (χ2n) is 2.56. The Balaban J connectivity index is 3.85. The van der Waals surface area contributed by atoms with E-state index in [1.165, 1.54) is 4.90 Å². The Morgan fingerprint density at radius 2 is 1.92 bits per heavy atom. The fraction of sp³-hybridized carbons (Fsp3) is 0.500. The summed E-state index contributed by atoms with van der Waals surface area (Å²) in [5, 5.41) is 16.8. The summed E-state index contributed by atoms with van der Waals surface area (Å²) in [6.45, 7) is 3.92. The Morgan fingerprint density at radius 3 is 2.31 bits per heavy atom. The van der Waals surface area contributed by atoms with Crippen molar-refractivity contribution in [3.63, 3.8) is 0 Å². The summed E-state index contributed by atoms with van der Waals surface area (Å²) < 4.78 is 0. The van der Waals surface area contributed by atoms with Gasteiger partial charge in [-0.2, -0.15) is 0 Å². The molecule has 0 atom stereocenters. The van der Waals surface area contributed by atoms with E-state index in [4.69, 9.17) is 10.2 Å². The van der Waals surface area contributed by atoms with Crippen LogP contribution in [-0.4, -0.2) is 46.7 Å². The fourth-order valence-corrected chi connectivity index (χ4v) is 0.863. The second kappa shape index (κ2) is 6.19. The molecule has 0 aromatic carbocycles. The molecule has 74 valence electrons. The molecule has 0 unspecified atom stereocenters. The predicted molar refractivity (Wildman–Crippen MR) is 46.5 cm³/mol. The third-order valence-electron chi connectivity index (χ3n) is 1.39. The van der Waals surface area contributed by atoms with Gasteiger partial charge in [-0.3, -0.25) is 14.5 Å². The lowest BCUT2D eigenvalue weighted by molar-refractivity contribution is -0.140. The smallest absolute Gasteiger partial charge is 0.317 e.